The predicted molar refractivity (Wildman–Crippen MR) is 163 cm³/mol. The minimum atomic E-state index is -1.26. The highest BCUT2D eigenvalue weighted by atomic mass is 32.1. The molecule has 4 heterocycles. The molecule has 0 radical (unpaired) electrons. The number of aromatic nitrogens is 2. The minimum absolute atomic E-state index is 0.0331. The van der Waals surface area contributed by atoms with Crippen LogP contribution in [-0.4, -0.2) is 64.5 Å². The van der Waals surface area contributed by atoms with E-state index in [4.69, 9.17) is 9.47 Å². The van der Waals surface area contributed by atoms with Crippen molar-refractivity contribution in [2.24, 2.45) is 5.92 Å². The first kappa shape index (κ1) is 28.5. The van der Waals surface area contributed by atoms with Gasteiger partial charge >= 0.3 is 6.09 Å². The third-order valence-electron chi connectivity index (χ3n) is 7.89. The molecule has 10 heteroatoms. The van der Waals surface area contributed by atoms with E-state index in [9.17, 15) is 14.0 Å². The largest absolute Gasteiger partial charge is 0.496 e. The highest BCUT2D eigenvalue weighted by Gasteiger charge is 2.33. The number of hydrogen-bond acceptors (Lipinski definition) is 6. The molecule has 222 valence electrons. The molecule has 0 bridgehead atoms. The van der Waals surface area contributed by atoms with Gasteiger partial charge in [-0.1, -0.05) is 0 Å². The molecule has 1 aliphatic heterocycles. The highest BCUT2D eigenvalue weighted by molar-refractivity contribution is 7.22. The molecule has 2 atom stereocenters. The topological polar surface area (TPSA) is 85.7 Å². The normalized spacial score (nSPS) is 19.3. The van der Waals surface area contributed by atoms with Crippen molar-refractivity contribution in [3.05, 3.63) is 47.7 Å². The van der Waals surface area contributed by atoms with Gasteiger partial charge in [0.15, 0.2) is 0 Å². The lowest BCUT2D eigenvalue weighted by Gasteiger charge is -2.35. The zero-order valence-corrected chi connectivity index (χ0v) is 25.5. The van der Waals surface area contributed by atoms with Crippen molar-refractivity contribution in [3.8, 4) is 16.3 Å². The molecule has 1 saturated carbocycles. The van der Waals surface area contributed by atoms with Gasteiger partial charge in [-0.3, -0.25) is 4.79 Å². The Bertz CT molecular complexity index is 1670. The summed E-state index contributed by atoms with van der Waals surface area (Å²) in [5, 5.41) is 4.81. The van der Waals surface area contributed by atoms with Crippen LogP contribution in [0.3, 0.4) is 0 Å². The monoisotopic (exact) mass is 592 g/mol. The van der Waals surface area contributed by atoms with E-state index in [2.05, 4.69) is 33.9 Å². The zero-order chi connectivity index (χ0) is 29.8. The number of alkyl carbamates (subject to hydrolysis) is 1. The fourth-order valence-electron chi connectivity index (χ4n) is 5.85. The Morgan fingerprint density at radius 2 is 1.98 bits per heavy atom. The van der Waals surface area contributed by atoms with Crippen LogP contribution in [0.2, 0.25) is 0 Å². The molecule has 42 heavy (non-hydrogen) atoms. The van der Waals surface area contributed by atoms with Crippen LogP contribution in [0.15, 0.2) is 36.5 Å². The lowest BCUT2D eigenvalue weighted by atomic mass is 10.0. The summed E-state index contributed by atoms with van der Waals surface area (Å²) in [7, 11) is 1.60. The van der Waals surface area contributed by atoms with Crippen LogP contribution < -0.4 is 10.1 Å². The Hall–Kier alpha value is -3.66. The Kier molecular flexibility index (Phi) is 7.37. The number of hydrogen-bond donors (Lipinski definition) is 1. The van der Waals surface area contributed by atoms with Gasteiger partial charge in [-0.2, -0.15) is 0 Å². The maximum absolute atomic E-state index is 14.8. The number of likely N-dealkylation sites (tertiary alicyclic amines) is 1. The summed E-state index contributed by atoms with van der Waals surface area (Å²) < 4.78 is 29.2. The summed E-state index contributed by atoms with van der Waals surface area (Å²) in [6.07, 6.45) is 2.56. The van der Waals surface area contributed by atoms with E-state index in [1.807, 2.05) is 18.3 Å². The number of rotatable bonds is 6. The van der Waals surface area contributed by atoms with Gasteiger partial charge in [-0.25, -0.2) is 14.2 Å². The number of nitrogens with one attached hydrogen (secondary N) is 1. The number of carbonyl (C=O) groups excluding carboxylic acids is 2. The van der Waals surface area contributed by atoms with Crippen molar-refractivity contribution >= 4 is 44.5 Å². The van der Waals surface area contributed by atoms with E-state index >= 15 is 0 Å². The Morgan fingerprint density at radius 1 is 1.19 bits per heavy atom. The van der Waals surface area contributed by atoms with Crippen LogP contribution in [0.5, 0.6) is 5.75 Å². The van der Waals surface area contributed by atoms with Crippen LogP contribution >= 0.6 is 11.3 Å². The maximum Gasteiger partial charge on any atom is 0.407 e. The number of methoxy groups -OCH3 is 1. The molecule has 1 aliphatic carbocycles. The van der Waals surface area contributed by atoms with Crippen molar-refractivity contribution < 1.29 is 23.5 Å². The van der Waals surface area contributed by atoms with Gasteiger partial charge in [-0.05, 0) is 82.3 Å². The van der Waals surface area contributed by atoms with Crippen LogP contribution in [0.25, 0.3) is 31.7 Å². The molecule has 0 spiro atoms. The Morgan fingerprint density at radius 3 is 2.69 bits per heavy atom. The number of aryl methyl sites for hydroxylation is 1. The second-order valence-electron chi connectivity index (χ2n) is 12.5. The van der Waals surface area contributed by atoms with Crippen molar-refractivity contribution in [2.75, 3.05) is 20.2 Å². The molecule has 2 fully saturated rings. The van der Waals surface area contributed by atoms with E-state index in [0.29, 0.717) is 17.2 Å². The fourth-order valence-corrected chi connectivity index (χ4v) is 7.14. The first-order valence-electron chi connectivity index (χ1n) is 14.5. The molecule has 2 amide bonds. The smallest absolute Gasteiger partial charge is 0.407 e. The number of fused-ring (bicyclic) bond motifs is 2. The van der Waals surface area contributed by atoms with Gasteiger partial charge in [0, 0.05) is 46.7 Å². The standard InChI is InChI=1S/C32H37FN4O4S/c1-18-27-25(40-5)12-21(30(38)36-16-22(33)14-23(17-36)35-31(39)41-32(2,3)4)13-26(27)42-28(18)24-11-20-7-6-10-34-29(20)37(24)15-19-8-9-19/h6-7,10-13,19,22-23H,8-9,14-17H2,1-5H3,(H,35,39)/t22-,23-/m1/s1. The quantitative estimate of drug-likeness (QED) is 0.269. The van der Waals surface area contributed by atoms with Gasteiger partial charge in [0.25, 0.3) is 5.91 Å². The molecular formula is C32H37FN4O4S. The first-order chi connectivity index (χ1) is 20.0. The minimum Gasteiger partial charge on any atom is -0.496 e. The number of halogens is 1. The summed E-state index contributed by atoms with van der Waals surface area (Å²) >= 11 is 1.63. The second kappa shape index (κ2) is 10.9. The van der Waals surface area contributed by atoms with Crippen molar-refractivity contribution in [2.45, 2.75) is 71.3 Å². The first-order valence-corrected chi connectivity index (χ1v) is 15.3. The zero-order valence-electron chi connectivity index (χ0n) is 24.7. The third-order valence-corrected chi connectivity index (χ3v) is 9.16. The number of ether oxygens (including phenoxy) is 2. The van der Waals surface area contributed by atoms with Gasteiger partial charge < -0.3 is 24.3 Å². The van der Waals surface area contributed by atoms with Gasteiger partial charge in [0.2, 0.25) is 0 Å². The van der Waals surface area contributed by atoms with E-state index in [1.165, 1.54) is 17.7 Å². The van der Waals surface area contributed by atoms with Gasteiger partial charge in [0.05, 0.1) is 30.3 Å². The number of carbonyl (C=O) groups is 2. The van der Waals surface area contributed by atoms with Crippen molar-refractivity contribution in [1.29, 1.82) is 0 Å². The van der Waals surface area contributed by atoms with E-state index in [0.717, 1.165) is 43.8 Å². The van der Waals surface area contributed by atoms with Crippen molar-refractivity contribution in [1.82, 2.24) is 19.8 Å². The molecule has 1 saturated heterocycles. The van der Waals surface area contributed by atoms with E-state index in [1.54, 1.807) is 45.3 Å². The van der Waals surface area contributed by atoms with Gasteiger partial charge in [0.1, 0.15) is 23.2 Å². The average Bonchev–Trinajstić information content (AvgIpc) is 3.59. The van der Waals surface area contributed by atoms with Crippen LogP contribution in [-0.2, 0) is 11.3 Å². The van der Waals surface area contributed by atoms with E-state index < -0.39 is 23.9 Å². The molecule has 8 nitrogen and oxygen atoms in total. The molecular weight excluding hydrogens is 555 g/mol. The molecule has 6 rings (SSSR count). The number of pyridine rings is 1. The van der Waals surface area contributed by atoms with E-state index in [-0.39, 0.29) is 25.4 Å². The molecule has 1 N–H and O–H groups in total. The molecule has 2 aliphatic rings. The lowest BCUT2D eigenvalue weighted by Crippen LogP contribution is -2.54. The summed E-state index contributed by atoms with van der Waals surface area (Å²) in [6, 6.07) is 9.34. The van der Waals surface area contributed by atoms with Crippen LogP contribution in [0.4, 0.5) is 9.18 Å². The summed E-state index contributed by atoms with van der Waals surface area (Å²) in [6.45, 7) is 8.50. The molecule has 1 aromatic carbocycles. The Labute approximate surface area is 248 Å². The number of benzene rings is 1. The highest BCUT2D eigenvalue weighted by Crippen LogP contribution is 2.45. The van der Waals surface area contributed by atoms with Crippen molar-refractivity contribution in [3.63, 3.8) is 0 Å². The van der Waals surface area contributed by atoms with Gasteiger partial charge in [-0.15, -0.1) is 11.3 Å². The third kappa shape index (κ3) is 5.69. The summed E-state index contributed by atoms with van der Waals surface area (Å²) in [4.78, 5) is 33.3. The second-order valence-corrected chi connectivity index (χ2v) is 13.5. The predicted octanol–water partition coefficient (Wildman–Crippen LogP) is 6.72. The fraction of sp³-hybridized carbons (Fsp3) is 0.469. The van der Waals surface area contributed by atoms with Crippen LogP contribution in [0.1, 0.15) is 56.0 Å². The number of thiophene rings is 1. The van der Waals surface area contributed by atoms with Crippen LogP contribution in [0, 0.1) is 12.8 Å². The Balaban J connectivity index is 1.32. The number of piperidine rings is 1. The number of alkyl halides is 1. The summed E-state index contributed by atoms with van der Waals surface area (Å²) in [5.74, 6) is 0.983. The SMILES string of the molecule is COc1cc(C(=O)N2C[C@H](F)C[C@@H](NC(=O)OC(C)(C)C)C2)cc2sc(-c3cc4cccnc4n3CC3CC3)c(C)c12. The summed E-state index contributed by atoms with van der Waals surface area (Å²) in [5.41, 5.74) is 2.96. The molecule has 3 aromatic heterocycles. The number of amides is 2. The lowest BCUT2D eigenvalue weighted by molar-refractivity contribution is 0.0394. The molecule has 4 aromatic rings. The maximum atomic E-state index is 14.8. The number of nitrogens with zero attached hydrogens (tertiary/aromatic N) is 3. The average molecular weight is 593 g/mol. The molecule has 0 unspecified atom stereocenters.